The fraction of sp³-hybridized carbons (Fsp3) is 0.684. The fourth-order valence-corrected chi connectivity index (χ4v) is 4.65. The molecule has 116 valence electrons. The Bertz CT molecular complexity index is 478. The van der Waals surface area contributed by atoms with Gasteiger partial charge in [0.25, 0.3) is 0 Å². The summed E-state index contributed by atoms with van der Waals surface area (Å²) in [5.41, 5.74) is 8.74. The number of aliphatic hydroxyl groups excluding tert-OH is 1. The van der Waals surface area contributed by atoms with Crippen LogP contribution in [-0.4, -0.2) is 17.8 Å². The highest BCUT2D eigenvalue weighted by molar-refractivity contribution is 5.38. The van der Waals surface area contributed by atoms with E-state index >= 15 is 0 Å². The van der Waals surface area contributed by atoms with Crippen molar-refractivity contribution < 1.29 is 5.11 Å². The molecule has 2 heteroatoms. The van der Waals surface area contributed by atoms with E-state index in [0.29, 0.717) is 12.5 Å². The first-order chi connectivity index (χ1) is 10.2. The van der Waals surface area contributed by atoms with Crippen LogP contribution in [0, 0.1) is 11.8 Å². The zero-order valence-electron chi connectivity index (χ0n) is 13.2. The monoisotopic (exact) mass is 287 g/mol. The van der Waals surface area contributed by atoms with Gasteiger partial charge in [-0.25, -0.2) is 0 Å². The number of aryl methyl sites for hydroxylation is 1. The number of hydrogen-bond donors (Lipinski definition) is 2. The van der Waals surface area contributed by atoms with E-state index in [1.807, 2.05) is 0 Å². The molecule has 0 aromatic heterocycles. The highest BCUT2D eigenvalue weighted by Gasteiger charge is 2.45. The number of fused-ring (bicyclic) bond motifs is 1. The van der Waals surface area contributed by atoms with Crippen molar-refractivity contribution in [3.63, 3.8) is 0 Å². The summed E-state index contributed by atoms with van der Waals surface area (Å²) >= 11 is 0. The molecule has 3 rings (SSSR count). The Morgan fingerprint density at radius 2 is 1.95 bits per heavy atom. The molecule has 2 aliphatic rings. The Balaban J connectivity index is 1.90. The van der Waals surface area contributed by atoms with E-state index in [9.17, 15) is 5.11 Å². The fourth-order valence-electron chi connectivity index (χ4n) is 4.65. The number of rotatable bonds is 3. The molecule has 1 fully saturated rings. The average Bonchev–Trinajstić information content (AvgIpc) is 2.54. The average molecular weight is 287 g/mol. The zero-order valence-corrected chi connectivity index (χ0v) is 13.2. The summed E-state index contributed by atoms with van der Waals surface area (Å²) in [6, 6.07) is 8.63. The minimum atomic E-state index is -0.281. The molecule has 0 heterocycles. The Morgan fingerprint density at radius 1 is 1.24 bits per heavy atom. The predicted octanol–water partition coefficient (Wildman–Crippen LogP) is 3.41. The second kappa shape index (κ2) is 6.10. The lowest BCUT2D eigenvalue weighted by Gasteiger charge is -2.46. The molecule has 0 amide bonds. The molecule has 21 heavy (non-hydrogen) atoms. The molecule has 1 aromatic carbocycles. The Hall–Kier alpha value is -0.860. The molecule has 1 aromatic rings. The van der Waals surface area contributed by atoms with Crippen molar-refractivity contribution in [2.24, 2.45) is 17.6 Å². The van der Waals surface area contributed by atoms with Crippen molar-refractivity contribution in [2.75, 3.05) is 6.54 Å². The zero-order chi connectivity index (χ0) is 14.9. The van der Waals surface area contributed by atoms with E-state index in [4.69, 9.17) is 5.73 Å². The molecule has 0 spiro atoms. The second-order valence-corrected chi connectivity index (χ2v) is 7.34. The first-order valence-corrected chi connectivity index (χ1v) is 8.64. The molecule has 2 nitrogen and oxygen atoms in total. The van der Waals surface area contributed by atoms with Gasteiger partial charge in [0.05, 0.1) is 6.10 Å². The molecule has 2 aliphatic carbocycles. The smallest absolute Gasteiger partial charge is 0.0677 e. The van der Waals surface area contributed by atoms with Gasteiger partial charge in [0.15, 0.2) is 0 Å². The molecule has 3 N–H and O–H groups in total. The van der Waals surface area contributed by atoms with E-state index in [2.05, 4.69) is 31.2 Å². The summed E-state index contributed by atoms with van der Waals surface area (Å²) < 4.78 is 0. The third kappa shape index (κ3) is 2.64. The van der Waals surface area contributed by atoms with Gasteiger partial charge < -0.3 is 10.8 Å². The van der Waals surface area contributed by atoms with Gasteiger partial charge >= 0.3 is 0 Å². The van der Waals surface area contributed by atoms with Gasteiger partial charge in [-0.2, -0.15) is 0 Å². The second-order valence-electron chi connectivity index (χ2n) is 7.34. The normalized spacial score (nSPS) is 34.2. The van der Waals surface area contributed by atoms with Crippen LogP contribution in [0.2, 0.25) is 0 Å². The van der Waals surface area contributed by atoms with Crippen LogP contribution in [0.1, 0.15) is 56.6 Å². The van der Waals surface area contributed by atoms with Crippen LogP contribution in [0.4, 0.5) is 0 Å². The van der Waals surface area contributed by atoms with Crippen molar-refractivity contribution in [1.82, 2.24) is 0 Å². The van der Waals surface area contributed by atoms with Crippen LogP contribution in [0.5, 0.6) is 0 Å². The lowest BCUT2D eigenvalue weighted by molar-refractivity contribution is 0.00272. The molecule has 0 saturated heterocycles. The van der Waals surface area contributed by atoms with Gasteiger partial charge in [-0.3, -0.25) is 0 Å². The van der Waals surface area contributed by atoms with Crippen LogP contribution < -0.4 is 5.73 Å². The molecule has 0 bridgehead atoms. The maximum absolute atomic E-state index is 11.2. The van der Waals surface area contributed by atoms with Gasteiger partial charge in [-0.15, -0.1) is 0 Å². The lowest BCUT2D eigenvalue weighted by Crippen LogP contribution is -2.51. The van der Waals surface area contributed by atoms with Crippen molar-refractivity contribution in [1.29, 1.82) is 0 Å². The summed E-state index contributed by atoms with van der Waals surface area (Å²) in [7, 11) is 0. The van der Waals surface area contributed by atoms with Crippen molar-refractivity contribution >= 4 is 0 Å². The van der Waals surface area contributed by atoms with Gasteiger partial charge in [0.2, 0.25) is 0 Å². The Morgan fingerprint density at radius 3 is 2.67 bits per heavy atom. The predicted molar refractivity (Wildman–Crippen MR) is 87.2 cm³/mol. The van der Waals surface area contributed by atoms with E-state index in [0.717, 1.165) is 38.0 Å². The van der Waals surface area contributed by atoms with E-state index in [1.54, 1.807) is 0 Å². The maximum atomic E-state index is 11.2. The Kier molecular flexibility index (Phi) is 4.37. The largest absolute Gasteiger partial charge is 0.392 e. The van der Waals surface area contributed by atoms with E-state index in [1.165, 1.54) is 24.0 Å². The van der Waals surface area contributed by atoms with Crippen molar-refractivity contribution in [3.8, 4) is 0 Å². The number of hydrogen-bond acceptors (Lipinski definition) is 2. The van der Waals surface area contributed by atoms with Crippen LogP contribution in [0.3, 0.4) is 0 Å². The lowest BCUT2D eigenvalue weighted by atomic mass is 9.62. The first kappa shape index (κ1) is 15.1. The third-order valence-electron chi connectivity index (χ3n) is 6.06. The molecule has 2 unspecified atom stereocenters. The molecule has 0 aliphatic heterocycles. The molecule has 0 radical (unpaired) electrons. The first-order valence-electron chi connectivity index (χ1n) is 8.64. The number of nitrogens with two attached hydrogens (primary N) is 1. The van der Waals surface area contributed by atoms with Crippen molar-refractivity contribution in [2.45, 2.75) is 63.4 Å². The summed E-state index contributed by atoms with van der Waals surface area (Å²) in [6.07, 6.45) is 7.86. The van der Waals surface area contributed by atoms with Crippen LogP contribution >= 0.6 is 0 Å². The summed E-state index contributed by atoms with van der Waals surface area (Å²) in [6.45, 7) is 2.90. The highest BCUT2D eigenvalue weighted by atomic mass is 16.3. The topological polar surface area (TPSA) is 46.2 Å². The minimum Gasteiger partial charge on any atom is -0.392 e. The van der Waals surface area contributed by atoms with Gasteiger partial charge in [-0.05, 0) is 55.1 Å². The minimum absolute atomic E-state index is 0.208. The van der Waals surface area contributed by atoms with Gasteiger partial charge in [0.1, 0.15) is 0 Å². The summed E-state index contributed by atoms with van der Waals surface area (Å²) in [5.74, 6) is 1.25. The number of benzene rings is 1. The standard InChI is InChI=1S/C19H29NO/c1-14-8-10-16(11-9-14)18(21)19(13-20)12-4-6-15-5-2-3-7-17(15)19/h2-3,5,7,14,16,18,21H,4,6,8-13,20H2,1H3. The Labute approximate surface area is 128 Å². The van der Waals surface area contributed by atoms with E-state index in [-0.39, 0.29) is 11.5 Å². The summed E-state index contributed by atoms with van der Waals surface area (Å²) in [5, 5.41) is 11.2. The maximum Gasteiger partial charge on any atom is 0.0677 e. The summed E-state index contributed by atoms with van der Waals surface area (Å²) in [4.78, 5) is 0. The molecule has 2 atom stereocenters. The number of aliphatic hydroxyl groups is 1. The third-order valence-corrected chi connectivity index (χ3v) is 6.06. The van der Waals surface area contributed by atoms with Crippen LogP contribution in [-0.2, 0) is 11.8 Å². The van der Waals surface area contributed by atoms with Crippen LogP contribution in [0.25, 0.3) is 0 Å². The molecular weight excluding hydrogens is 258 g/mol. The van der Waals surface area contributed by atoms with Crippen LogP contribution in [0.15, 0.2) is 24.3 Å². The van der Waals surface area contributed by atoms with Gasteiger partial charge in [-0.1, -0.05) is 44.0 Å². The molecule has 1 saturated carbocycles. The van der Waals surface area contributed by atoms with Gasteiger partial charge in [0, 0.05) is 12.0 Å². The van der Waals surface area contributed by atoms with Crippen molar-refractivity contribution in [3.05, 3.63) is 35.4 Å². The molecular formula is C19H29NO. The highest BCUT2D eigenvalue weighted by Crippen LogP contribution is 2.44. The quantitative estimate of drug-likeness (QED) is 0.895. The SMILES string of the molecule is CC1CCC(C(O)C2(CN)CCCc3ccccc32)CC1. The van der Waals surface area contributed by atoms with E-state index < -0.39 is 0 Å².